The fraction of sp³-hybridized carbons (Fsp3) is 0.231. The summed E-state index contributed by atoms with van der Waals surface area (Å²) in [5, 5.41) is 5.50. The lowest BCUT2D eigenvalue weighted by molar-refractivity contribution is 0.648. The first-order chi connectivity index (χ1) is 8.70. The van der Waals surface area contributed by atoms with Gasteiger partial charge in [-0.2, -0.15) is 0 Å². The molecule has 18 heavy (non-hydrogen) atoms. The molecule has 2 rings (SSSR count). The Morgan fingerprint density at radius 3 is 2.72 bits per heavy atom. The van der Waals surface area contributed by atoms with Crippen molar-refractivity contribution in [2.24, 2.45) is 0 Å². The summed E-state index contributed by atoms with van der Waals surface area (Å²) in [6.45, 7) is 2.10. The summed E-state index contributed by atoms with van der Waals surface area (Å²) in [6, 6.07) is 7.99. The molecule has 0 bridgehead atoms. The third kappa shape index (κ3) is 3.22. The van der Waals surface area contributed by atoms with E-state index >= 15 is 0 Å². The van der Waals surface area contributed by atoms with Gasteiger partial charge in [0.15, 0.2) is 0 Å². The second-order valence-corrected chi connectivity index (χ2v) is 5.25. The lowest BCUT2D eigenvalue weighted by Crippen LogP contribution is -2.12. The molecule has 0 aliphatic rings. The second-order valence-electron chi connectivity index (χ2n) is 3.83. The zero-order valence-electron chi connectivity index (χ0n) is 10.2. The highest BCUT2D eigenvalue weighted by Crippen LogP contribution is 2.30. The summed E-state index contributed by atoms with van der Waals surface area (Å²) in [5.74, 6) is 0. The molecule has 3 nitrogen and oxygen atoms in total. The first-order valence-electron chi connectivity index (χ1n) is 5.62. The molecule has 2 aromatic heterocycles. The molecule has 0 aromatic carbocycles. The predicted molar refractivity (Wildman–Crippen MR) is 75.1 cm³/mol. The third-order valence-corrected chi connectivity index (χ3v) is 4.00. The van der Waals surface area contributed by atoms with E-state index < -0.39 is 0 Å². The van der Waals surface area contributed by atoms with Crippen molar-refractivity contribution in [3.63, 3.8) is 0 Å². The average Bonchev–Trinajstić information content (AvgIpc) is 2.41. The highest BCUT2D eigenvalue weighted by atomic mass is 35.5. The lowest BCUT2D eigenvalue weighted by atomic mass is 10.1. The molecule has 0 fully saturated rings. The number of hydrogen-bond acceptors (Lipinski definition) is 4. The van der Waals surface area contributed by atoms with Crippen molar-refractivity contribution >= 4 is 23.4 Å². The number of nitrogens with zero attached hydrogens (tertiary/aromatic N) is 2. The van der Waals surface area contributed by atoms with Gasteiger partial charge in [0, 0.05) is 18.4 Å². The normalized spacial score (nSPS) is 12.4. The van der Waals surface area contributed by atoms with Gasteiger partial charge in [-0.25, -0.2) is 9.97 Å². The van der Waals surface area contributed by atoms with E-state index in [-0.39, 0.29) is 0 Å². The Morgan fingerprint density at radius 2 is 2.11 bits per heavy atom. The maximum Gasteiger partial charge on any atom is 0.121 e. The SMILES string of the molecule is CNC(C)c1ccc(Sc2ncccc2Cl)nc1. The van der Waals surface area contributed by atoms with Crippen LogP contribution in [0.1, 0.15) is 18.5 Å². The van der Waals surface area contributed by atoms with Crippen molar-refractivity contribution in [1.29, 1.82) is 0 Å². The molecule has 0 amide bonds. The van der Waals surface area contributed by atoms with Crippen LogP contribution in [0.2, 0.25) is 5.02 Å². The standard InChI is InChI=1S/C13H14ClN3S/c1-9(15-2)10-5-6-12(17-8-10)18-13-11(14)4-3-7-16-13/h3-9,15H,1-2H3. The minimum atomic E-state index is 0.301. The van der Waals surface area contributed by atoms with Crippen LogP contribution < -0.4 is 5.32 Å². The minimum Gasteiger partial charge on any atom is -0.313 e. The minimum absolute atomic E-state index is 0.301. The molecule has 0 aliphatic heterocycles. The van der Waals surface area contributed by atoms with Gasteiger partial charge in [0.05, 0.1) is 5.02 Å². The van der Waals surface area contributed by atoms with Gasteiger partial charge in [-0.15, -0.1) is 0 Å². The number of aromatic nitrogens is 2. The van der Waals surface area contributed by atoms with Crippen molar-refractivity contribution < 1.29 is 0 Å². The van der Waals surface area contributed by atoms with Crippen LogP contribution in [0.25, 0.3) is 0 Å². The van der Waals surface area contributed by atoms with E-state index in [9.17, 15) is 0 Å². The van der Waals surface area contributed by atoms with Crippen molar-refractivity contribution in [2.45, 2.75) is 23.0 Å². The molecule has 0 saturated carbocycles. The van der Waals surface area contributed by atoms with Crippen LogP contribution in [0, 0.1) is 0 Å². The van der Waals surface area contributed by atoms with Gasteiger partial charge in [0.2, 0.25) is 0 Å². The van der Waals surface area contributed by atoms with E-state index in [0.717, 1.165) is 15.6 Å². The zero-order chi connectivity index (χ0) is 13.0. The molecule has 0 saturated heterocycles. The molecule has 1 atom stereocenters. The average molecular weight is 280 g/mol. The molecular formula is C13H14ClN3S. The summed E-state index contributed by atoms with van der Waals surface area (Å²) < 4.78 is 0. The Kier molecular flexibility index (Phi) is 4.58. The fourth-order valence-electron chi connectivity index (χ4n) is 1.42. The second kappa shape index (κ2) is 6.18. The maximum atomic E-state index is 6.06. The van der Waals surface area contributed by atoms with Crippen LogP contribution in [-0.4, -0.2) is 17.0 Å². The Bertz CT molecular complexity index is 516. The topological polar surface area (TPSA) is 37.8 Å². The van der Waals surface area contributed by atoms with Crippen LogP contribution >= 0.6 is 23.4 Å². The summed E-state index contributed by atoms with van der Waals surface area (Å²) in [7, 11) is 1.93. The van der Waals surface area contributed by atoms with Crippen molar-refractivity contribution in [2.75, 3.05) is 7.05 Å². The number of rotatable bonds is 4. The van der Waals surface area contributed by atoms with Gasteiger partial charge in [-0.05, 0) is 49.5 Å². The Labute approximate surface area is 116 Å². The van der Waals surface area contributed by atoms with E-state index in [0.29, 0.717) is 11.1 Å². The molecule has 0 spiro atoms. The Balaban J connectivity index is 2.14. The van der Waals surface area contributed by atoms with Gasteiger partial charge in [0.1, 0.15) is 10.1 Å². The van der Waals surface area contributed by atoms with Gasteiger partial charge >= 0.3 is 0 Å². The molecule has 1 unspecified atom stereocenters. The van der Waals surface area contributed by atoms with Gasteiger partial charge in [-0.3, -0.25) is 0 Å². The predicted octanol–water partition coefficient (Wildman–Crippen LogP) is 3.56. The van der Waals surface area contributed by atoms with Crippen molar-refractivity contribution in [3.8, 4) is 0 Å². The van der Waals surface area contributed by atoms with E-state index in [1.807, 2.05) is 31.4 Å². The highest BCUT2D eigenvalue weighted by molar-refractivity contribution is 7.99. The molecule has 5 heteroatoms. The number of hydrogen-bond donors (Lipinski definition) is 1. The zero-order valence-corrected chi connectivity index (χ0v) is 11.8. The van der Waals surface area contributed by atoms with E-state index in [1.54, 1.807) is 6.20 Å². The number of nitrogens with one attached hydrogen (secondary N) is 1. The quantitative estimate of drug-likeness (QED) is 0.929. The molecular weight excluding hydrogens is 266 g/mol. The number of halogens is 1. The molecule has 1 N–H and O–H groups in total. The van der Waals surface area contributed by atoms with Crippen LogP contribution in [0.5, 0.6) is 0 Å². The number of pyridine rings is 2. The largest absolute Gasteiger partial charge is 0.313 e. The van der Waals surface area contributed by atoms with Gasteiger partial charge in [-0.1, -0.05) is 17.7 Å². The van der Waals surface area contributed by atoms with Gasteiger partial charge in [0.25, 0.3) is 0 Å². The maximum absolute atomic E-state index is 6.06. The van der Waals surface area contributed by atoms with Crippen molar-refractivity contribution in [1.82, 2.24) is 15.3 Å². The summed E-state index contributed by atoms with van der Waals surface area (Å²) in [4.78, 5) is 8.63. The summed E-state index contributed by atoms with van der Waals surface area (Å²) >= 11 is 7.52. The first-order valence-corrected chi connectivity index (χ1v) is 6.81. The Hall–Kier alpha value is -1.10. The Morgan fingerprint density at radius 1 is 1.28 bits per heavy atom. The summed E-state index contributed by atoms with van der Waals surface area (Å²) in [6.07, 6.45) is 3.60. The van der Waals surface area contributed by atoms with Crippen molar-refractivity contribution in [3.05, 3.63) is 47.2 Å². The van der Waals surface area contributed by atoms with Crippen LogP contribution in [-0.2, 0) is 0 Å². The highest BCUT2D eigenvalue weighted by Gasteiger charge is 2.06. The summed E-state index contributed by atoms with van der Waals surface area (Å²) in [5.41, 5.74) is 1.16. The van der Waals surface area contributed by atoms with Gasteiger partial charge < -0.3 is 5.32 Å². The van der Waals surface area contributed by atoms with Crippen LogP contribution in [0.3, 0.4) is 0 Å². The lowest BCUT2D eigenvalue weighted by Gasteiger charge is -2.10. The smallest absolute Gasteiger partial charge is 0.121 e. The van der Waals surface area contributed by atoms with E-state index in [1.165, 1.54) is 11.8 Å². The van der Waals surface area contributed by atoms with Crippen LogP contribution in [0.4, 0.5) is 0 Å². The fourth-order valence-corrected chi connectivity index (χ4v) is 2.38. The molecule has 0 radical (unpaired) electrons. The molecule has 0 aliphatic carbocycles. The molecule has 2 heterocycles. The van der Waals surface area contributed by atoms with Crippen LogP contribution in [0.15, 0.2) is 46.7 Å². The third-order valence-electron chi connectivity index (χ3n) is 2.62. The van der Waals surface area contributed by atoms with E-state index in [2.05, 4.69) is 28.3 Å². The molecule has 94 valence electrons. The molecule has 2 aromatic rings. The first kappa shape index (κ1) is 13.3. The monoisotopic (exact) mass is 279 g/mol. The van der Waals surface area contributed by atoms with E-state index in [4.69, 9.17) is 11.6 Å².